The van der Waals surface area contributed by atoms with E-state index in [1.165, 1.54) is 17.1 Å². The highest BCUT2D eigenvalue weighted by Crippen LogP contribution is 2.32. The van der Waals surface area contributed by atoms with Gasteiger partial charge in [0.15, 0.2) is 11.6 Å². The van der Waals surface area contributed by atoms with E-state index in [1.54, 1.807) is 18.3 Å². The number of benzene rings is 1. The molecule has 4 atom stereocenters. The van der Waals surface area contributed by atoms with Crippen LogP contribution < -0.4 is 10.2 Å². The summed E-state index contributed by atoms with van der Waals surface area (Å²) in [6.07, 6.45) is 5.67. The minimum absolute atomic E-state index is 0.0358. The summed E-state index contributed by atoms with van der Waals surface area (Å²) in [5, 5.41) is 35.1. The lowest BCUT2D eigenvalue weighted by Gasteiger charge is -2.45. The smallest absolute Gasteiger partial charge is 0.252 e. The Labute approximate surface area is 183 Å². The number of piperidine rings is 2. The number of nitriles is 1. The van der Waals surface area contributed by atoms with Crippen molar-refractivity contribution in [3.63, 3.8) is 0 Å². The van der Waals surface area contributed by atoms with Crippen LogP contribution in [0.25, 0.3) is 17.1 Å². The third-order valence-electron chi connectivity index (χ3n) is 6.28. The minimum Gasteiger partial charge on any atom is -0.507 e. The number of phenolic OH excluding ortho intramolecular Hbond substituents is 1. The van der Waals surface area contributed by atoms with Crippen LogP contribution in [0.1, 0.15) is 31.5 Å². The third kappa shape index (κ3) is 3.62. The standard InChI is InChI=1S/C21H22FN9O/c1-30(16-7-12-3-2-4-15(26-12)20(16)22)19-10-24-21(28-27-19)14-6-5-13(8-17(14)32)31-11-25-18(9-23)29-31/h5-6,8,10-12,15-16,20,26,32H,2-4,7H2,1H3/t12-,15+,16+,20-/m1/s1. The Bertz CT molecular complexity index is 1160. The molecule has 11 heteroatoms. The van der Waals surface area contributed by atoms with E-state index in [-0.39, 0.29) is 29.5 Å². The third-order valence-corrected chi connectivity index (χ3v) is 6.28. The first-order valence-corrected chi connectivity index (χ1v) is 10.5. The molecule has 3 aromatic rings. The molecule has 164 valence electrons. The van der Waals surface area contributed by atoms with Gasteiger partial charge in [0, 0.05) is 25.2 Å². The average molecular weight is 435 g/mol. The number of phenols is 1. The molecular formula is C21H22FN9O. The van der Waals surface area contributed by atoms with E-state index in [0.717, 1.165) is 25.7 Å². The Morgan fingerprint density at radius 2 is 2.16 bits per heavy atom. The first-order valence-electron chi connectivity index (χ1n) is 10.5. The van der Waals surface area contributed by atoms with Gasteiger partial charge >= 0.3 is 0 Å². The summed E-state index contributed by atoms with van der Waals surface area (Å²) in [7, 11) is 1.82. The van der Waals surface area contributed by atoms with Crippen LogP contribution in [0.2, 0.25) is 0 Å². The van der Waals surface area contributed by atoms with Crippen molar-refractivity contribution in [3.05, 3.63) is 36.5 Å². The summed E-state index contributed by atoms with van der Waals surface area (Å²) >= 11 is 0. The number of halogens is 1. The van der Waals surface area contributed by atoms with Crippen LogP contribution >= 0.6 is 0 Å². The number of hydrogen-bond acceptors (Lipinski definition) is 9. The van der Waals surface area contributed by atoms with Crippen LogP contribution in [0.15, 0.2) is 30.7 Å². The number of fused-ring (bicyclic) bond motifs is 2. The molecule has 4 heterocycles. The fraction of sp³-hybridized carbons (Fsp3) is 0.429. The predicted octanol–water partition coefficient (Wildman–Crippen LogP) is 1.75. The van der Waals surface area contributed by atoms with Gasteiger partial charge in [-0.3, -0.25) is 0 Å². The monoisotopic (exact) mass is 435 g/mol. The summed E-state index contributed by atoms with van der Waals surface area (Å²) in [5.41, 5.74) is 0.936. The van der Waals surface area contributed by atoms with Crippen LogP contribution in [-0.4, -0.2) is 66.4 Å². The fourth-order valence-electron chi connectivity index (χ4n) is 4.57. The van der Waals surface area contributed by atoms with Crippen molar-refractivity contribution in [1.82, 2.24) is 35.3 Å². The first-order chi connectivity index (χ1) is 15.5. The number of alkyl halides is 1. The molecule has 2 saturated heterocycles. The van der Waals surface area contributed by atoms with Gasteiger partial charge in [-0.25, -0.2) is 19.0 Å². The van der Waals surface area contributed by atoms with E-state index in [2.05, 4.69) is 30.6 Å². The Balaban J connectivity index is 1.35. The van der Waals surface area contributed by atoms with Gasteiger partial charge in [-0.2, -0.15) is 5.26 Å². The maximum Gasteiger partial charge on any atom is 0.252 e. The molecule has 2 aliphatic heterocycles. The zero-order valence-corrected chi connectivity index (χ0v) is 17.4. The van der Waals surface area contributed by atoms with Crippen molar-refractivity contribution in [1.29, 1.82) is 5.26 Å². The summed E-state index contributed by atoms with van der Waals surface area (Å²) in [6.45, 7) is 0. The lowest BCUT2D eigenvalue weighted by molar-refractivity contribution is 0.107. The van der Waals surface area contributed by atoms with Crippen molar-refractivity contribution in [3.8, 4) is 28.9 Å². The number of rotatable bonds is 4. The first kappa shape index (κ1) is 20.3. The van der Waals surface area contributed by atoms with Crippen LogP contribution in [-0.2, 0) is 0 Å². The zero-order chi connectivity index (χ0) is 22.2. The average Bonchev–Trinajstić information content (AvgIpc) is 3.31. The second-order valence-electron chi connectivity index (χ2n) is 8.23. The maximum absolute atomic E-state index is 15.0. The number of hydrogen-bond donors (Lipinski definition) is 2. The van der Waals surface area contributed by atoms with E-state index in [0.29, 0.717) is 23.1 Å². The molecule has 10 nitrogen and oxygen atoms in total. The molecule has 0 aliphatic carbocycles. The highest BCUT2D eigenvalue weighted by molar-refractivity contribution is 5.66. The second-order valence-corrected chi connectivity index (χ2v) is 8.23. The molecule has 1 aromatic carbocycles. The van der Waals surface area contributed by atoms with Gasteiger partial charge in [0.25, 0.3) is 5.82 Å². The quantitative estimate of drug-likeness (QED) is 0.630. The normalized spacial score (nSPS) is 24.7. The number of aromatic hydroxyl groups is 1. The summed E-state index contributed by atoms with van der Waals surface area (Å²) in [6, 6.07) is 6.63. The van der Waals surface area contributed by atoms with E-state index in [4.69, 9.17) is 5.26 Å². The largest absolute Gasteiger partial charge is 0.507 e. The lowest BCUT2D eigenvalue weighted by atomic mass is 9.82. The zero-order valence-electron chi connectivity index (χ0n) is 17.4. The van der Waals surface area contributed by atoms with Crippen molar-refractivity contribution in [2.75, 3.05) is 11.9 Å². The number of nitrogens with zero attached hydrogens (tertiary/aromatic N) is 8. The van der Waals surface area contributed by atoms with Crippen LogP contribution in [0.4, 0.5) is 10.2 Å². The molecule has 2 N–H and O–H groups in total. The summed E-state index contributed by atoms with van der Waals surface area (Å²) in [4.78, 5) is 10.0. The Morgan fingerprint density at radius 1 is 1.28 bits per heavy atom. The highest BCUT2D eigenvalue weighted by Gasteiger charge is 2.42. The van der Waals surface area contributed by atoms with Crippen LogP contribution in [0, 0.1) is 11.3 Å². The van der Waals surface area contributed by atoms with Gasteiger partial charge in [-0.1, -0.05) is 6.42 Å². The summed E-state index contributed by atoms with van der Waals surface area (Å²) in [5.74, 6) is 0.716. The summed E-state index contributed by atoms with van der Waals surface area (Å²) < 4.78 is 16.4. The fourth-order valence-corrected chi connectivity index (χ4v) is 4.57. The molecule has 0 spiro atoms. The molecule has 2 aliphatic rings. The van der Waals surface area contributed by atoms with Crippen molar-refractivity contribution >= 4 is 5.82 Å². The molecule has 32 heavy (non-hydrogen) atoms. The van der Waals surface area contributed by atoms with Gasteiger partial charge in [0.05, 0.1) is 23.5 Å². The van der Waals surface area contributed by atoms with E-state index < -0.39 is 6.17 Å². The highest BCUT2D eigenvalue weighted by atomic mass is 19.1. The Kier molecular flexibility index (Phi) is 5.14. The topological polar surface area (TPSA) is 129 Å². The number of nitrogens with one attached hydrogen (secondary N) is 1. The SMILES string of the molecule is CN(c1cnc(-c2ccc(-n3cnc(C#N)n3)cc2O)nn1)[C@H]1C[C@H]2CCC[C@H](N2)[C@H]1F. The molecule has 0 radical (unpaired) electrons. The second kappa shape index (κ2) is 8.12. The van der Waals surface area contributed by atoms with Gasteiger partial charge in [0.1, 0.15) is 24.3 Å². The molecule has 5 rings (SSSR count). The molecular weight excluding hydrogens is 413 g/mol. The van der Waals surface area contributed by atoms with E-state index in [9.17, 15) is 5.11 Å². The molecule has 0 saturated carbocycles. The van der Waals surface area contributed by atoms with Gasteiger partial charge in [-0.15, -0.1) is 15.3 Å². The molecule has 2 aromatic heterocycles. The van der Waals surface area contributed by atoms with E-state index in [1.807, 2.05) is 18.0 Å². The maximum atomic E-state index is 15.0. The van der Waals surface area contributed by atoms with Crippen molar-refractivity contribution < 1.29 is 9.50 Å². The van der Waals surface area contributed by atoms with Gasteiger partial charge < -0.3 is 15.3 Å². The molecule has 0 amide bonds. The Hall–Kier alpha value is -3.65. The molecule has 2 fully saturated rings. The number of anilines is 1. The van der Waals surface area contributed by atoms with Crippen molar-refractivity contribution in [2.45, 2.75) is 50.0 Å². The van der Waals surface area contributed by atoms with Crippen molar-refractivity contribution in [2.24, 2.45) is 0 Å². The van der Waals surface area contributed by atoms with Crippen LogP contribution in [0.5, 0.6) is 5.75 Å². The number of aromatic nitrogens is 6. The van der Waals surface area contributed by atoms with Gasteiger partial charge in [-0.05, 0) is 31.4 Å². The van der Waals surface area contributed by atoms with Gasteiger partial charge in [0.2, 0.25) is 0 Å². The van der Waals surface area contributed by atoms with E-state index >= 15 is 4.39 Å². The minimum atomic E-state index is -0.979. The lowest BCUT2D eigenvalue weighted by Crippen LogP contribution is -2.61. The molecule has 2 bridgehead atoms. The molecule has 0 unspecified atom stereocenters. The predicted molar refractivity (Wildman–Crippen MR) is 113 cm³/mol. The Morgan fingerprint density at radius 3 is 2.88 bits per heavy atom. The van der Waals surface area contributed by atoms with Crippen LogP contribution in [0.3, 0.4) is 0 Å².